The zero-order valence-corrected chi connectivity index (χ0v) is 12.3. The highest BCUT2D eigenvalue weighted by Gasteiger charge is 2.15. The standard InChI is InChI=1S/C17H15N3O2/c1-11-6-3-4-8-14(11)19-16(21)13-10-12-7-5-9-18-15(12)20(2)17(13)22/h3-10H,1-2H3,(H,19,21). The predicted molar refractivity (Wildman–Crippen MR) is 86.1 cm³/mol. The Kier molecular flexibility index (Phi) is 3.47. The van der Waals surface area contributed by atoms with Crippen molar-refractivity contribution in [3.8, 4) is 0 Å². The molecule has 1 N–H and O–H groups in total. The summed E-state index contributed by atoms with van der Waals surface area (Å²) in [7, 11) is 1.61. The lowest BCUT2D eigenvalue weighted by Crippen LogP contribution is -2.28. The second kappa shape index (κ2) is 5.44. The molecular weight excluding hydrogens is 278 g/mol. The Labute approximate surface area is 127 Å². The lowest BCUT2D eigenvalue weighted by atomic mass is 10.1. The van der Waals surface area contributed by atoms with Crippen LogP contribution in [-0.4, -0.2) is 15.5 Å². The number of carbonyl (C=O) groups is 1. The molecule has 5 nitrogen and oxygen atoms in total. The van der Waals surface area contributed by atoms with Gasteiger partial charge < -0.3 is 5.32 Å². The molecule has 0 unspecified atom stereocenters. The topological polar surface area (TPSA) is 64.0 Å². The normalized spacial score (nSPS) is 10.6. The highest BCUT2D eigenvalue weighted by atomic mass is 16.2. The lowest BCUT2D eigenvalue weighted by Gasteiger charge is -2.10. The van der Waals surface area contributed by atoms with Crippen molar-refractivity contribution in [2.75, 3.05) is 5.32 Å². The molecule has 22 heavy (non-hydrogen) atoms. The molecule has 1 amide bonds. The van der Waals surface area contributed by atoms with E-state index in [1.807, 2.05) is 31.2 Å². The summed E-state index contributed by atoms with van der Waals surface area (Å²) < 4.78 is 1.39. The number of amides is 1. The zero-order valence-electron chi connectivity index (χ0n) is 12.3. The number of pyridine rings is 2. The van der Waals surface area contributed by atoms with Gasteiger partial charge in [-0.15, -0.1) is 0 Å². The van der Waals surface area contributed by atoms with Crippen molar-refractivity contribution in [1.29, 1.82) is 0 Å². The summed E-state index contributed by atoms with van der Waals surface area (Å²) in [5.74, 6) is -0.416. The number of anilines is 1. The van der Waals surface area contributed by atoms with Crippen LogP contribution < -0.4 is 10.9 Å². The largest absolute Gasteiger partial charge is 0.322 e. The average Bonchev–Trinajstić information content (AvgIpc) is 2.53. The number of rotatable bonds is 2. The number of aromatic nitrogens is 2. The van der Waals surface area contributed by atoms with Crippen LogP contribution in [0.25, 0.3) is 11.0 Å². The van der Waals surface area contributed by atoms with Crippen molar-refractivity contribution in [3.63, 3.8) is 0 Å². The summed E-state index contributed by atoms with van der Waals surface area (Å²) in [5, 5.41) is 3.54. The second-order valence-corrected chi connectivity index (χ2v) is 5.11. The number of para-hydroxylation sites is 1. The van der Waals surface area contributed by atoms with Crippen molar-refractivity contribution in [2.45, 2.75) is 6.92 Å². The molecule has 0 radical (unpaired) electrons. The Morgan fingerprint density at radius 3 is 2.73 bits per heavy atom. The fraction of sp³-hybridized carbons (Fsp3) is 0.118. The van der Waals surface area contributed by atoms with Gasteiger partial charge in [-0.3, -0.25) is 14.2 Å². The third kappa shape index (κ3) is 2.37. The number of nitrogens with zero attached hydrogens (tertiary/aromatic N) is 2. The molecule has 0 aliphatic heterocycles. The van der Waals surface area contributed by atoms with Crippen LogP contribution in [0.2, 0.25) is 0 Å². The minimum atomic E-state index is -0.416. The smallest absolute Gasteiger partial charge is 0.264 e. The van der Waals surface area contributed by atoms with Gasteiger partial charge in [0.15, 0.2) is 0 Å². The SMILES string of the molecule is Cc1ccccc1NC(=O)c1cc2cccnc2n(C)c1=O. The van der Waals surface area contributed by atoms with Crippen LogP contribution in [-0.2, 0) is 7.05 Å². The fourth-order valence-electron chi connectivity index (χ4n) is 2.36. The molecule has 5 heteroatoms. The first-order chi connectivity index (χ1) is 10.6. The van der Waals surface area contributed by atoms with Crippen LogP contribution in [0.4, 0.5) is 5.69 Å². The molecule has 2 heterocycles. The van der Waals surface area contributed by atoms with Gasteiger partial charge in [0.25, 0.3) is 11.5 Å². The third-order valence-electron chi connectivity index (χ3n) is 3.61. The first-order valence-corrected chi connectivity index (χ1v) is 6.89. The van der Waals surface area contributed by atoms with Crippen LogP contribution in [0, 0.1) is 6.92 Å². The molecule has 110 valence electrons. The van der Waals surface area contributed by atoms with Gasteiger partial charge >= 0.3 is 0 Å². The maximum atomic E-state index is 12.4. The van der Waals surface area contributed by atoms with E-state index in [1.54, 1.807) is 31.4 Å². The molecule has 0 atom stereocenters. The number of nitrogens with one attached hydrogen (secondary N) is 1. The molecule has 0 aliphatic rings. The number of hydrogen-bond donors (Lipinski definition) is 1. The maximum Gasteiger partial charge on any atom is 0.264 e. The quantitative estimate of drug-likeness (QED) is 0.789. The fourth-order valence-corrected chi connectivity index (χ4v) is 2.36. The Bertz CT molecular complexity index is 929. The summed E-state index contributed by atoms with van der Waals surface area (Å²) >= 11 is 0. The predicted octanol–water partition coefficient (Wildman–Crippen LogP) is 2.49. The Morgan fingerprint density at radius 2 is 1.95 bits per heavy atom. The summed E-state index contributed by atoms with van der Waals surface area (Å²) in [6.45, 7) is 1.90. The zero-order chi connectivity index (χ0) is 15.7. The first kappa shape index (κ1) is 14.0. The van der Waals surface area contributed by atoms with Crippen molar-refractivity contribution >= 4 is 22.6 Å². The van der Waals surface area contributed by atoms with Crippen molar-refractivity contribution in [3.05, 3.63) is 70.1 Å². The molecular formula is C17H15N3O2. The van der Waals surface area contributed by atoms with E-state index in [0.29, 0.717) is 11.3 Å². The van der Waals surface area contributed by atoms with Crippen molar-refractivity contribution in [2.24, 2.45) is 7.05 Å². The molecule has 1 aromatic carbocycles. The lowest BCUT2D eigenvalue weighted by molar-refractivity contribution is 0.102. The van der Waals surface area contributed by atoms with Crippen LogP contribution in [0.15, 0.2) is 53.5 Å². The summed E-state index contributed by atoms with van der Waals surface area (Å²) in [6.07, 6.45) is 1.62. The van der Waals surface area contributed by atoms with Gasteiger partial charge in [-0.05, 0) is 36.8 Å². The maximum absolute atomic E-state index is 12.4. The Balaban J connectivity index is 2.07. The van der Waals surface area contributed by atoms with E-state index in [2.05, 4.69) is 10.3 Å². The molecule has 0 fully saturated rings. The molecule has 0 aliphatic carbocycles. The first-order valence-electron chi connectivity index (χ1n) is 6.89. The summed E-state index contributed by atoms with van der Waals surface area (Å²) in [5.41, 5.74) is 1.93. The Morgan fingerprint density at radius 1 is 1.18 bits per heavy atom. The minimum Gasteiger partial charge on any atom is -0.322 e. The summed E-state index contributed by atoms with van der Waals surface area (Å²) in [6, 6.07) is 12.6. The van der Waals surface area contributed by atoms with Gasteiger partial charge in [0.1, 0.15) is 11.2 Å². The van der Waals surface area contributed by atoms with Crippen LogP contribution >= 0.6 is 0 Å². The van der Waals surface area contributed by atoms with Gasteiger partial charge in [0, 0.05) is 24.3 Å². The van der Waals surface area contributed by atoms with Crippen LogP contribution in [0.1, 0.15) is 15.9 Å². The monoisotopic (exact) mass is 293 g/mol. The number of fused-ring (bicyclic) bond motifs is 1. The highest BCUT2D eigenvalue weighted by Crippen LogP contribution is 2.15. The molecule has 0 spiro atoms. The van der Waals surface area contributed by atoms with E-state index in [9.17, 15) is 9.59 Å². The van der Waals surface area contributed by atoms with E-state index in [1.165, 1.54) is 4.57 Å². The average molecular weight is 293 g/mol. The Hall–Kier alpha value is -2.95. The number of benzene rings is 1. The van der Waals surface area contributed by atoms with E-state index in [0.717, 1.165) is 10.9 Å². The molecule has 0 saturated carbocycles. The van der Waals surface area contributed by atoms with Gasteiger partial charge in [0.05, 0.1) is 0 Å². The number of aryl methyl sites for hydroxylation is 2. The van der Waals surface area contributed by atoms with Gasteiger partial charge in [0.2, 0.25) is 0 Å². The third-order valence-corrected chi connectivity index (χ3v) is 3.61. The van der Waals surface area contributed by atoms with E-state index >= 15 is 0 Å². The second-order valence-electron chi connectivity index (χ2n) is 5.11. The van der Waals surface area contributed by atoms with Crippen molar-refractivity contribution in [1.82, 2.24) is 9.55 Å². The molecule has 0 bridgehead atoms. The summed E-state index contributed by atoms with van der Waals surface area (Å²) in [4.78, 5) is 29.0. The molecule has 3 aromatic rings. The molecule has 2 aromatic heterocycles. The molecule has 0 saturated heterocycles. The molecule has 3 rings (SSSR count). The van der Waals surface area contributed by atoms with Gasteiger partial charge in [-0.25, -0.2) is 4.98 Å². The van der Waals surface area contributed by atoms with Crippen LogP contribution in [0.5, 0.6) is 0 Å². The van der Waals surface area contributed by atoms with Crippen LogP contribution in [0.3, 0.4) is 0 Å². The number of carbonyl (C=O) groups excluding carboxylic acids is 1. The highest BCUT2D eigenvalue weighted by molar-refractivity contribution is 6.05. The van der Waals surface area contributed by atoms with Gasteiger partial charge in [-0.2, -0.15) is 0 Å². The minimum absolute atomic E-state index is 0.103. The van der Waals surface area contributed by atoms with Crippen molar-refractivity contribution < 1.29 is 4.79 Å². The van der Waals surface area contributed by atoms with Gasteiger partial charge in [-0.1, -0.05) is 18.2 Å². The van der Waals surface area contributed by atoms with E-state index in [4.69, 9.17) is 0 Å². The number of hydrogen-bond acceptors (Lipinski definition) is 3. The van der Waals surface area contributed by atoms with E-state index < -0.39 is 5.91 Å². The van der Waals surface area contributed by atoms with E-state index in [-0.39, 0.29) is 11.1 Å².